The van der Waals surface area contributed by atoms with E-state index in [4.69, 9.17) is 0 Å². The topological polar surface area (TPSA) is 3.24 Å². The van der Waals surface area contributed by atoms with Gasteiger partial charge in [0.15, 0.2) is 0 Å². The second-order valence-electron chi connectivity index (χ2n) is 8.81. The summed E-state index contributed by atoms with van der Waals surface area (Å²) < 4.78 is 0. The van der Waals surface area contributed by atoms with Crippen LogP contribution in [0.25, 0.3) is 0 Å². The third kappa shape index (κ3) is 3.50. The second-order valence-corrected chi connectivity index (χ2v) is 8.81. The van der Waals surface area contributed by atoms with Gasteiger partial charge in [0, 0.05) is 6.54 Å². The van der Waals surface area contributed by atoms with Crippen LogP contribution in [0.3, 0.4) is 0 Å². The molecule has 1 nitrogen and oxygen atoms in total. The highest BCUT2D eigenvalue weighted by Gasteiger charge is 2.42. The Balaban J connectivity index is 1.32. The fraction of sp³-hybridized carbons (Fsp3) is 0.727. The SMILES string of the molecule is Cc1ccc(CN2CCC3(CCC4CCCCC4C3)CC2)cc1. The first-order chi connectivity index (χ1) is 11.2. The fourth-order valence-corrected chi connectivity index (χ4v) is 5.67. The Labute approximate surface area is 142 Å². The highest BCUT2D eigenvalue weighted by molar-refractivity contribution is 5.21. The number of benzene rings is 1. The number of likely N-dealkylation sites (tertiary alicyclic amines) is 1. The molecule has 0 amide bonds. The summed E-state index contributed by atoms with van der Waals surface area (Å²) in [4.78, 5) is 2.70. The van der Waals surface area contributed by atoms with E-state index in [0.717, 1.165) is 23.8 Å². The quantitative estimate of drug-likeness (QED) is 0.690. The van der Waals surface area contributed by atoms with E-state index in [2.05, 4.69) is 36.1 Å². The maximum Gasteiger partial charge on any atom is 0.0233 e. The molecule has 1 aromatic carbocycles. The highest BCUT2D eigenvalue weighted by atomic mass is 15.1. The zero-order valence-corrected chi connectivity index (χ0v) is 14.9. The van der Waals surface area contributed by atoms with Gasteiger partial charge < -0.3 is 0 Å². The Kier molecular flexibility index (Phi) is 4.50. The van der Waals surface area contributed by atoms with Crippen LogP contribution in [0, 0.1) is 24.2 Å². The van der Waals surface area contributed by atoms with Crippen LogP contribution in [-0.2, 0) is 6.54 Å². The van der Waals surface area contributed by atoms with Gasteiger partial charge in [0.1, 0.15) is 0 Å². The summed E-state index contributed by atoms with van der Waals surface area (Å²) in [7, 11) is 0. The lowest BCUT2D eigenvalue weighted by molar-refractivity contribution is 0.00451. The molecule has 1 spiro atoms. The van der Waals surface area contributed by atoms with Gasteiger partial charge in [-0.05, 0) is 74.9 Å². The predicted octanol–water partition coefficient (Wildman–Crippen LogP) is 5.57. The normalized spacial score (nSPS) is 31.0. The maximum absolute atomic E-state index is 2.70. The maximum atomic E-state index is 2.70. The molecule has 2 saturated carbocycles. The van der Waals surface area contributed by atoms with Crippen molar-refractivity contribution in [3.05, 3.63) is 35.4 Å². The van der Waals surface area contributed by atoms with E-state index in [-0.39, 0.29) is 0 Å². The van der Waals surface area contributed by atoms with E-state index < -0.39 is 0 Å². The summed E-state index contributed by atoms with van der Waals surface area (Å²) in [5, 5.41) is 0. The van der Waals surface area contributed by atoms with Gasteiger partial charge in [0.25, 0.3) is 0 Å². The smallest absolute Gasteiger partial charge is 0.0233 e. The molecule has 2 aliphatic carbocycles. The van der Waals surface area contributed by atoms with Gasteiger partial charge >= 0.3 is 0 Å². The van der Waals surface area contributed by atoms with Crippen LogP contribution in [0.1, 0.15) is 68.9 Å². The summed E-state index contributed by atoms with van der Waals surface area (Å²) in [6.45, 7) is 5.98. The van der Waals surface area contributed by atoms with Crippen molar-refractivity contribution in [2.24, 2.45) is 17.3 Å². The van der Waals surface area contributed by atoms with Crippen molar-refractivity contribution in [3.63, 3.8) is 0 Å². The van der Waals surface area contributed by atoms with Crippen molar-refractivity contribution < 1.29 is 0 Å². The Bertz CT molecular complexity index is 509. The molecule has 1 saturated heterocycles. The van der Waals surface area contributed by atoms with Crippen LogP contribution in [0.5, 0.6) is 0 Å². The molecule has 0 radical (unpaired) electrons. The minimum atomic E-state index is 0.724. The molecule has 2 unspecified atom stereocenters. The molecule has 1 aromatic rings. The third-order valence-electron chi connectivity index (χ3n) is 7.25. The van der Waals surface area contributed by atoms with Crippen molar-refractivity contribution in [3.8, 4) is 0 Å². The summed E-state index contributed by atoms with van der Waals surface area (Å²) in [6.07, 6.45) is 13.7. The lowest BCUT2D eigenvalue weighted by Gasteiger charge is -2.50. The molecule has 0 aromatic heterocycles. The zero-order valence-electron chi connectivity index (χ0n) is 14.9. The van der Waals surface area contributed by atoms with E-state index in [0.29, 0.717) is 0 Å². The van der Waals surface area contributed by atoms with E-state index in [1.165, 1.54) is 56.3 Å². The van der Waals surface area contributed by atoms with Gasteiger partial charge in [0.2, 0.25) is 0 Å². The molecule has 1 heterocycles. The van der Waals surface area contributed by atoms with Crippen LogP contribution in [0.2, 0.25) is 0 Å². The summed E-state index contributed by atoms with van der Waals surface area (Å²) >= 11 is 0. The van der Waals surface area contributed by atoms with Crippen LogP contribution < -0.4 is 0 Å². The Morgan fingerprint density at radius 2 is 1.61 bits per heavy atom. The molecule has 126 valence electrons. The molecule has 3 aliphatic rings. The van der Waals surface area contributed by atoms with E-state index in [1.54, 1.807) is 25.7 Å². The van der Waals surface area contributed by atoms with Gasteiger partial charge in [-0.3, -0.25) is 4.90 Å². The minimum absolute atomic E-state index is 0.724. The van der Waals surface area contributed by atoms with Crippen molar-refractivity contribution in [2.75, 3.05) is 13.1 Å². The molecule has 1 aliphatic heterocycles. The van der Waals surface area contributed by atoms with Crippen molar-refractivity contribution >= 4 is 0 Å². The number of hydrogen-bond donors (Lipinski definition) is 0. The molecule has 0 bridgehead atoms. The Morgan fingerprint density at radius 3 is 2.35 bits per heavy atom. The van der Waals surface area contributed by atoms with Gasteiger partial charge in [-0.2, -0.15) is 0 Å². The molecule has 23 heavy (non-hydrogen) atoms. The molecule has 1 heteroatoms. The minimum Gasteiger partial charge on any atom is -0.299 e. The number of aryl methyl sites for hydroxylation is 1. The zero-order chi connectivity index (χ0) is 15.7. The standard InChI is InChI=1S/C22H33N/c1-18-6-8-19(9-7-18)17-23-14-12-22(13-15-23)11-10-20-4-2-3-5-21(20)16-22/h6-9,20-21H,2-5,10-17H2,1H3. The van der Waals surface area contributed by atoms with Gasteiger partial charge in [0.05, 0.1) is 0 Å². The lowest BCUT2D eigenvalue weighted by Crippen LogP contribution is -2.44. The van der Waals surface area contributed by atoms with Gasteiger partial charge in [-0.1, -0.05) is 55.5 Å². The summed E-state index contributed by atoms with van der Waals surface area (Å²) in [5.74, 6) is 2.18. The van der Waals surface area contributed by atoms with E-state index in [1.807, 2.05) is 0 Å². The molecule has 3 fully saturated rings. The number of rotatable bonds is 2. The molecular formula is C22H33N. The van der Waals surface area contributed by atoms with Gasteiger partial charge in [-0.25, -0.2) is 0 Å². The number of nitrogens with zero attached hydrogens (tertiary/aromatic N) is 1. The van der Waals surface area contributed by atoms with Crippen LogP contribution >= 0.6 is 0 Å². The number of piperidine rings is 1. The first kappa shape index (κ1) is 15.7. The lowest BCUT2D eigenvalue weighted by atomic mass is 9.58. The number of fused-ring (bicyclic) bond motifs is 1. The van der Waals surface area contributed by atoms with E-state index in [9.17, 15) is 0 Å². The van der Waals surface area contributed by atoms with E-state index >= 15 is 0 Å². The second kappa shape index (κ2) is 6.59. The highest BCUT2D eigenvalue weighted by Crippen LogP contribution is 2.52. The van der Waals surface area contributed by atoms with Crippen LogP contribution in [-0.4, -0.2) is 18.0 Å². The number of hydrogen-bond acceptors (Lipinski definition) is 1. The van der Waals surface area contributed by atoms with Crippen molar-refractivity contribution in [1.82, 2.24) is 4.90 Å². The largest absolute Gasteiger partial charge is 0.299 e. The predicted molar refractivity (Wildman–Crippen MR) is 97.4 cm³/mol. The molecule has 0 N–H and O–H groups in total. The Morgan fingerprint density at radius 1 is 0.913 bits per heavy atom. The molecule has 2 atom stereocenters. The summed E-state index contributed by atoms with van der Waals surface area (Å²) in [6, 6.07) is 9.14. The first-order valence-corrected chi connectivity index (χ1v) is 10.0. The van der Waals surface area contributed by atoms with Gasteiger partial charge in [-0.15, -0.1) is 0 Å². The average molecular weight is 312 g/mol. The monoisotopic (exact) mass is 311 g/mol. The Hall–Kier alpha value is -0.820. The van der Waals surface area contributed by atoms with Crippen molar-refractivity contribution in [1.29, 1.82) is 0 Å². The van der Waals surface area contributed by atoms with Crippen LogP contribution in [0.4, 0.5) is 0 Å². The molecule has 4 rings (SSSR count). The first-order valence-electron chi connectivity index (χ1n) is 10.0. The molecular weight excluding hydrogens is 278 g/mol. The van der Waals surface area contributed by atoms with Crippen molar-refractivity contribution in [2.45, 2.75) is 71.3 Å². The fourth-order valence-electron chi connectivity index (χ4n) is 5.67. The summed E-state index contributed by atoms with van der Waals surface area (Å²) in [5.41, 5.74) is 3.58. The third-order valence-corrected chi connectivity index (χ3v) is 7.25. The average Bonchev–Trinajstić information content (AvgIpc) is 2.59. The van der Waals surface area contributed by atoms with Crippen LogP contribution in [0.15, 0.2) is 24.3 Å².